The van der Waals surface area contributed by atoms with E-state index in [-0.39, 0.29) is 12.5 Å². The molecule has 0 radical (unpaired) electrons. The summed E-state index contributed by atoms with van der Waals surface area (Å²) in [6.07, 6.45) is 9.75. The molecule has 0 saturated heterocycles. The quantitative estimate of drug-likeness (QED) is 0.595. The van der Waals surface area contributed by atoms with Crippen LogP contribution in [-0.2, 0) is 23.9 Å². The third kappa shape index (κ3) is 6.40. The second kappa shape index (κ2) is 9.05. The zero-order chi connectivity index (χ0) is 17.4. The average molecular weight is 333 g/mol. The Morgan fingerprint density at radius 2 is 1.83 bits per heavy atom. The molecule has 0 bridgehead atoms. The maximum Gasteiger partial charge on any atom is 0.331 e. The Morgan fingerprint density at radius 1 is 1.17 bits per heavy atom. The summed E-state index contributed by atoms with van der Waals surface area (Å²) in [5, 5.41) is 2.55. The van der Waals surface area contributed by atoms with Gasteiger partial charge in [-0.25, -0.2) is 9.59 Å². The number of amides is 1. The van der Waals surface area contributed by atoms with Gasteiger partial charge in [0.25, 0.3) is 0 Å². The van der Waals surface area contributed by atoms with E-state index in [1.165, 1.54) is 25.3 Å². The molecule has 2 aliphatic rings. The number of ether oxygens (including phenoxy) is 2. The van der Waals surface area contributed by atoms with Crippen LogP contribution in [0.25, 0.3) is 0 Å². The van der Waals surface area contributed by atoms with Gasteiger partial charge in [-0.1, -0.05) is 25.8 Å². The smallest absolute Gasteiger partial charge is 0.331 e. The standard InChI is InChI=1S/C18H23NO5/c1-13-9-15(10-16(20)19-13)12-24-18(22)8-7-17(21)23-11-14-5-3-2-4-6-14/h7-8,10,14H,1-6,9,11-12H2,(H,19,20)/b8-7+. The molecule has 0 unspecified atom stereocenters. The summed E-state index contributed by atoms with van der Waals surface area (Å²) < 4.78 is 10.1. The predicted molar refractivity (Wildman–Crippen MR) is 87.6 cm³/mol. The van der Waals surface area contributed by atoms with Gasteiger partial charge in [-0.2, -0.15) is 0 Å². The third-order valence-corrected chi connectivity index (χ3v) is 4.02. The normalized spacial score (nSPS) is 18.9. The minimum Gasteiger partial charge on any atom is -0.462 e. The first kappa shape index (κ1) is 18.0. The van der Waals surface area contributed by atoms with Gasteiger partial charge in [0.05, 0.1) is 6.61 Å². The van der Waals surface area contributed by atoms with E-state index in [1.807, 2.05) is 0 Å². The summed E-state index contributed by atoms with van der Waals surface area (Å²) in [6, 6.07) is 0. The molecular formula is C18H23NO5. The first-order chi connectivity index (χ1) is 11.5. The van der Waals surface area contributed by atoms with Crippen molar-refractivity contribution in [2.24, 2.45) is 5.92 Å². The lowest BCUT2D eigenvalue weighted by Gasteiger charge is -2.20. The Kier molecular flexibility index (Phi) is 6.78. The lowest BCUT2D eigenvalue weighted by atomic mass is 9.90. The summed E-state index contributed by atoms with van der Waals surface area (Å²) in [6.45, 7) is 4.07. The molecule has 0 aromatic carbocycles. The van der Waals surface area contributed by atoms with E-state index < -0.39 is 11.9 Å². The van der Waals surface area contributed by atoms with Crippen LogP contribution < -0.4 is 5.32 Å². The van der Waals surface area contributed by atoms with Crippen molar-refractivity contribution in [3.05, 3.63) is 36.1 Å². The van der Waals surface area contributed by atoms with E-state index >= 15 is 0 Å². The Labute approximate surface area is 141 Å². The van der Waals surface area contributed by atoms with Crippen molar-refractivity contribution >= 4 is 17.8 Å². The van der Waals surface area contributed by atoms with E-state index in [4.69, 9.17) is 9.47 Å². The van der Waals surface area contributed by atoms with E-state index in [0.29, 0.717) is 30.2 Å². The Hall–Kier alpha value is -2.37. The highest BCUT2D eigenvalue weighted by atomic mass is 16.5. The van der Waals surface area contributed by atoms with Crippen LogP contribution in [0, 0.1) is 5.92 Å². The minimum absolute atomic E-state index is 0.00721. The number of hydrogen-bond donors (Lipinski definition) is 1. The number of allylic oxidation sites excluding steroid dienone is 1. The zero-order valence-corrected chi connectivity index (χ0v) is 13.7. The molecule has 1 saturated carbocycles. The fraction of sp³-hybridized carbons (Fsp3) is 0.500. The fourth-order valence-corrected chi connectivity index (χ4v) is 2.81. The summed E-state index contributed by atoms with van der Waals surface area (Å²) in [7, 11) is 0. The molecule has 1 N–H and O–H groups in total. The van der Waals surface area contributed by atoms with Crippen LogP contribution in [0.1, 0.15) is 38.5 Å². The molecule has 0 spiro atoms. The lowest BCUT2D eigenvalue weighted by molar-refractivity contribution is -0.141. The van der Waals surface area contributed by atoms with Crippen molar-refractivity contribution in [3.63, 3.8) is 0 Å². The lowest BCUT2D eigenvalue weighted by Crippen LogP contribution is -2.26. The second-order valence-electron chi connectivity index (χ2n) is 6.15. The van der Waals surface area contributed by atoms with Crippen molar-refractivity contribution < 1.29 is 23.9 Å². The number of rotatable bonds is 6. The highest BCUT2D eigenvalue weighted by Crippen LogP contribution is 2.23. The van der Waals surface area contributed by atoms with E-state index in [9.17, 15) is 14.4 Å². The van der Waals surface area contributed by atoms with Crippen LogP contribution in [0.3, 0.4) is 0 Å². The van der Waals surface area contributed by atoms with E-state index in [1.54, 1.807) is 0 Å². The molecule has 2 rings (SSSR count). The molecular weight excluding hydrogens is 310 g/mol. The average Bonchev–Trinajstić information content (AvgIpc) is 2.56. The number of hydrogen-bond acceptors (Lipinski definition) is 5. The Bertz CT molecular complexity index is 570. The Balaban J connectivity index is 1.67. The third-order valence-electron chi connectivity index (χ3n) is 4.02. The van der Waals surface area contributed by atoms with Gasteiger partial charge in [-0.15, -0.1) is 0 Å². The van der Waals surface area contributed by atoms with E-state index in [2.05, 4.69) is 11.9 Å². The van der Waals surface area contributed by atoms with Gasteiger partial charge < -0.3 is 14.8 Å². The molecule has 1 aliphatic carbocycles. The first-order valence-electron chi connectivity index (χ1n) is 8.22. The minimum atomic E-state index is -0.651. The van der Waals surface area contributed by atoms with Crippen LogP contribution in [0.2, 0.25) is 0 Å². The molecule has 24 heavy (non-hydrogen) atoms. The van der Waals surface area contributed by atoms with Crippen LogP contribution >= 0.6 is 0 Å². The van der Waals surface area contributed by atoms with Gasteiger partial charge in [0, 0.05) is 30.3 Å². The number of carbonyl (C=O) groups excluding carboxylic acids is 3. The van der Waals surface area contributed by atoms with Crippen molar-refractivity contribution in [2.45, 2.75) is 38.5 Å². The topological polar surface area (TPSA) is 81.7 Å². The van der Waals surface area contributed by atoms with Crippen molar-refractivity contribution in [1.29, 1.82) is 0 Å². The molecule has 1 aliphatic heterocycles. The Morgan fingerprint density at radius 3 is 2.50 bits per heavy atom. The van der Waals surface area contributed by atoms with E-state index in [0.717, 1.165) is 25.0 Å². The molecule has 1 amide bonds. The molecule has 6 heteroatoms. The highest BCUT2D eigenvalue weighted by molar-refractivity contribution is 5.92. The number of carbonyl (C=O) groups is 3. The summed E-state index contributed by atoms with van der Waals surface area (Å²) in [5.74, 6) is -1.04. The molecule has 0 aromatic heterocycles. The van der Waals surface area contributed by atoms with Gasteiger partial charge in [0.15, 0.2) is 0 Å². The van der Waals surface area contributed by atoms with Gasteiger partial charge in [-0.05, 0) is 24.3 Å². The predicted octanol–water partition coefficient (Wildman–Crippen LogP) is 2.17. The molecule has 6 nitrogen and oxygen atoms in total. The van der Waals surface area contributed by atoms with Crippen LogP contribution in [0.5, 0.6) is 0 Å². The maximum absolute atomic E-state index is 11.6. The highest BCUT2D eigenvalue weighted by Gasteiger charge is 2.15. The largest absolute Gasteiger partial charge is 0.462 e. The van der Waals surface area contributed by atoms with Crippen molar-refractivity contribution in [2.75, 3.05) is 13.2 Å². The zero-order valence-electron chi connectivity index (χ0n) is 13.7. The maximum atomic E-state index is 11.6. The molecule has 130 valence electrons. The summed E-state index contributed by atoms with van der Waals surface area (Å²) >= 11 is 0. The van der Waals surface area contributed by atoms with Gasteiger partial charge in [0.1, 0.15) is 6.61 Å². The van der Waals surface area contributed by atoms with Crippen molar-refractivity contribution in [1.82, 2.24) is 5.32 Å². The monoisotopic (exact) mass is 333 g/mol. The number of esters is 2. The van der Waals surface area contributed by atoms with Gasteiger partial charge >= 0.3 is 11.9 Å². The molecule has 0 atom stereocenters. The van der Waals surface area contributed by atoms with Crippen LogP contribution in [0.4, 0.5) is 0 Å². The fourth-order valence-electron chi connectivity index (χ4n) is 2.81. The van der Waals surface area contributed by atoms with Gasteiger partial charge in [0.2, 0.25) is 5.91 Å². The summed E-state index contributed by atoms with van der Waals surface area (Å²) in [5.41, 5.74) is 1.22. The second-order valence-corrected chi connectivity index (χ2v) is 6.15. The van der Waals surface area contributed by atoms with Crippen LogP contribution in [0.15, 0.2) is 36.1 Å². The molecule has 1 heterocycles. The number of nitrogens with one attached hydrogen (secondary N) is 1. The summed E-state index contributed by atoms with van der Waals surface area (Å²) in [4.78, 5) is 34.5. The SMILES string of the molecule is C=C1CC(COC(=O)/C=C/C(=O)OCC2CCCCC2)=CC(=O)N1. The van der Waals surface area contributed by atoms with Crippen molar-refractivity contribution in [3.8, 4) is 0 Å². The van der Waals surface area contributed by atoms with Gasteiger partial charge in [-0.3, -0.25) is 4.79 Å². The molecule has 1 fully saturated rings. The first-order valence-corrected chi connectivity index (χ1v) is 8.22. The van der Waals surface area contributed by atoms with Crippen LogP contribution in [-0.4, -0.2) is 31.1 Å². The molecule has 0 aromatic rings.